The Balaban J connectivity index is 1.53. The lowest BCUT2D eigenvalue weighted by Crippen LogP contribution is -2.41. The van der Waals surface area contributed by atoms with Crippen LogP contribution >= 0.6 is 7.92 Å². The van der Waals surface area contributed by atoms with E-state index in [1.165, 1.54) is 10.6 Å². The van der Waals surface area contributed by atoms with Gasteiger partial charge in [-0.1, -0.05) is 78.9 Å². The summed E-state index contributed by atoms with van der Waals surface area (Å²) in [6, 6.07) is 31.5. The molecular formula is C24H25N2OP. The highest BCUT2D eigenvalue weighted by Gasteiger charge is 2.31. The third-order valence-electron chi connectivity index (χ3n) is 5.19. The average Bonchev–Trinajstić information content (AvgIpc) is 3.22. The van der Waals surface area contributed by atoms with Crippen LogP contribution in [0.1, 0.15) is 12.8 Å². The normalized spacial score (nSPS) is 16.3. The summed E-state index contributed by atoms with van der Waals surface area (Å²) in [7, 11) is -0.494. The Morgan fingerprint density at radius 1 is 0.857 bits per heavy atom. The summed E-state index contributed by atoms with van der Waals surface area (Å²) < 4.78 is 0. The van der Waals surface area contributed by atoms with E-state index in [1.807, 2.05) is 35.2 Å². The van der Waals surface area contributed by atoms with Crippen molar-refractivity contribution in [3.63, 3.8) is 0 Å². The lowest BCUT2D eigenvalue weighted by atomic mass is 10.2. The van der Waals surface area contributed by atoms with Gasteiger partial charge in [0.25, 0.3) is 0 Å². The SMILES string of the molecule is O=C(Nc1ccccc1)N1CCC[C@H]1CP(c1ccccc1)c1ccccc1. The lowest BCUT2D eigenvalue weighted by molar-refractivity contribution is 0.210. The first-order chi connectivity index (χ1) is 13.8. The van der Waals surface area contributed by atoms with Gasteiger partial charge in [0.2, 0.25) is 0 Å². The number of hydrogen-bond acceptors (Lipinski definition) is 1. The molecule has 0 aromatic heterocycles. The summed E-state index contributed by atoms with van der Waals surface area (Å²) >= 11 is 0. The quantitative estimate of drug-likeness (QED) is 0.625. The molecule has 0 aliphatic carbocycles. The molecule has 0 unspecified atom stereocenters. The largest absolute Gasteiger partial charge is 0.322 e. The molecule has 28 heavy (non-hydrogen) atoms. The van der Waals surface area contributed by atoms with E-state index >= 15 is 0 Å². The van der Waals surface area contributed by atoms with Crippen LogP contribution in [0.15, 0.2) is 91.0 Å². The van der Waals surface area contributed by atoms with Crippen molar-refractivity contribution in [3.05, 3.63) is 91.0 Å². The van der Waals surface area contributed by atoms with Crippen LogP contribution in [-0.4, -0.2) is 29.7 Å². The maximum absolute atomic E-state index is 12.9. The minimum absolute atomic E-state index is 0.0183. The van der Waals surface area contributed by atoms with E-state index in [4.69, 9.17) is 0 Å². The predicted molar refractivity (Wildman–Crippen MR) is 119 cm³/mol. The van der Waals surface area contributed by atoms with E-state index in [1.54, 1.807) is 0 Å². The summed E-state index contributed by atoms with van der Waals surface area (Å²) in [6.07, 6.45) is 3.14. The molecule has 3 nitrogen and oxygen atoms in total. The van der Waals surface area contributed by atoms with Crippen LogP contribution in [0.2, 0.25) is 0 Å². The van der Waals surface area contributed by atoms with Crippen LogP contribution in [-0.2, 0) is 0 Å². The van der Waals surface area contributed by atoms with Gasteiger partial charge < -0.3 is 10.2 Å². The van der Waals surface area contributed by atoms with Crippen molar-refractivity contribution in [2.75, 3.05) is 18.0 Å². The highest BCUT2D eigenvalue weighted by molar-refractivity contribution is 7.73. The number of nitrogens with zero attached hydrogens (tertiary/aromatic N) is 1. The molecule has 1 atom stereocenters. The van der Waals surface area contributed by atoms with E-state index < -0.39 is 7.92 Å². The third kappa shape index (κ3) is 4.43. The Hall–Kier alpha value is -2.64. The molecule has 0 radical (unpaired) electrons. The van der Waals surface area contributed by atoms with Crippen LogP contribution < -0.4 is 15.9 Å². The summed E-state index contributed by atoms with van der Waals surface area (Å²) in [4.78, 5) is 14.9. The van der Waals surface area contributed by atoms with Crippen molar-refractivity contribution < 1.29 is 4.79 Å². The predicted octanol–water partition coefficient (Wildman–Crippen LogP) is 4.82. The Morgan fingerprint density at radius 2 is 1.39 bits per heavy atom. The van der Waals surface area contributed by atoms with Crippen molar-refractivity contribution in [1.82, 2.24) is 4.90 Å². The second-order valence-electron chi connectivity index (χ2n) is 7.07. The van der Waals surface area contributed by atoms with Gasteiger partial charge in [-0.2, -0.15) is 0 Å². The van der Waals surface area contributed by atoms with E-state index in [-0.39, 0.29) is 12.1 Å². The molecule has 0 saturated carbocycles. The van der Waals surface area contributed by atoms with E-state index in [2.05, 4.69) is 66.0 Å². The summed E-state index contributed by atoms with van der Waals surface area (Å²) in [5, 5.41) is 5.81. The van der Waals surface area contributed by atoms with Gasteiger partial charge in [0.15, 0.2) is 0 Å². The molecule has 142 valence electrons. The second-order valence-corrected chi connectivity index (χ2v) is 9.32. The van der Waals surface area contributed by atoms with E-state index in [0.717, 1.165) is 31.2 Å². The molecule has 1 saturated heterocycles. The Kier molecular flexibility index (Phi) is 6.04. The van der Waals surface area contributed by atoms with E-state index in [0.29, 0.717) is 0 Å². The molecule has 3 aromatic carbocycles. The smallest absolute Gasteiger partial charge is 0.321 e. The molecule has 0 spiro atoms. The number of carbonyl (C=O) groups excluding carboxylic acids is 1. The molecule has 4 rings (SSSR count). The zero-order valence-corrected chi connectivity index (χ0v) is 16.8. The number of rotatable bonds is 5. The fraction of sp³-hybridized carbons (Fsp3) is 0.208. The summed E-state index contributed by atoms with van der Waals surface area (Å²) in [6.45, 7) is 0.829. The van der Waals surface area contributed by atoms with Crippen LogP contribution in [0.3, 0.4) is 0 Å². The second kappa shape index (κ2) is 9.03. The fourth-order valence-corrected chi connectivity index (χ4v) is 6.38. The minimum atomic E-state index is -0.494. The van der Waals surface area contributed by atoms with Gasteiger partial charge in [-0.25, -0.2) is 4.79 Å². The number of anilines is 1. The molecular weight excluding hydrogens is 363 g/mol. The van der Waals surface area contributed by atoms with Gasteiger partial charge in [0, 0.05) is 18.3 Å². The van der Waals surface area contributed by atoms with Crippen molar-refractivity contribution in [3.8, 4) is 0 Å². The van der Waals surface area contributed by atoms with Gasteiger partial charge in [-0.05, 0) is 49.7 Å². The molecule has 1 aliphatic heterocycles. The topological polar surface area (TPSA) is 32.3 Å². The van der Waals surface area contributed by atoms with Gasteiger partial charge in [0.05, 0.1) is 0 Å². The van der Waals surface area contributed by atoms with Gasteiger partial charge in [-0.15, -0.1) is 0 Å². The van der Waals surface area contributed by atoms with Crippen molar-refractivity contribution >= 4 is 30.2 Å². The number of hydrogen-bond donors (Lipinski definition) is 1. The van der Waals surface area contributed by atoms with E-state index in [9.17, 15) is 4.79 Å². The highest BCUT2D eigenvalue weighted by Crippen LogP contribution is 2.37. The Morgan fingerprint density at radius 3 is 1.96 bits per heavy atom. The Bertz CT molecular complexity index is 847. The Labute approximate surface area is 168 Å². The maximum Gasteiger partial charge on any atom is 0.322 e. The summed E-state index contributed by atoms with van der Waals surface area (Å²) in [5.41, 5.74) is 0.853. The molecule has 1 aliphatic rings. The van der Waals surface area contributed by atoms with Gasteiger partial charge in [0.1, 0.15) is 0 Å². The minimum Gasteiger partial charge on any atom is -0.321 e. The van der Waals surface area contributed by atoms with Crippen LogP contribution in [0.25, 0.3) is 0 Å². The van der Waals surface area contributed by atoms with Gasteiger partial charge in [-0.3, -0.25) is 0 Å². The number of para-hydroxylation sites is 1. The van der Waals surface area contributed by atoms with Crippen molar-refractivity contribution in [2.45, 2.75) is 18.9 Å². The van der Waals surface area contributed by atoms with Crippen LogP contribution in [0, 0.1) is 0 Å². The number of nitrogens with one attached hydrogen (secondary N) is 1. The zero-order valence-electron chi connectivity index (χ0n) is 15.9. The molecule has 3 aromatic rings. The van der Waals surface area contributed by atoms with Gasteiger partial charge >= 0.3 is 6.03 Å². The zero-order chi connectivity index (χ0) is 19.2. The first kappa shape index (κ1) is 18.7. The number of benzene rings is 3. The molecule has 2 amide bonds. The lowest BCUT2D eigenvalue weighted by Gasteiger charge is -2.29. The van der Waals surface area contributed by atoms with Crippen LogP contribution in [0.5, 0.6) is 0 Å². The molecule has 4 heteroatoms. The monoisotopic (exact) mass is 388 g/mol. The third-order valence-corrected chi connectivity index (χ3v) is 7.82. The molecule has 1 fully saturated rings. The number of amides is 2. The molecule has 0 bridgehead atoms. The molecule has 1 heterocycles. The number of carbonyl (C=O) groups is 1. The number of urea groups is 1. The highest BCUT2D eigenvalue weighted by atomic mass is 31.1. The molecule has 1 N–H and O–H groups in total. The fourth-order valence-electron chi connectivity index (χ4n) is 3.80. The standard InChI is InChI=1S/C24H25N2OP/c27-24(25-20-11-4-1-5-12-20)26-18-10-13-21(26)19-28(22-14-6-2-7-15-22)23-16-8-3-9-17-23/h1-9,11-12,14-17,21H,10,13,18-19H2,(H,25,27)/t21-/m0/s1. The first-order valence-corrected chi connectivity index (χ1v) is 11.3. The van der Waals surface area contributed by atoms with Crippen molar-refractivity contribution in [1.29, 1.82) is 0 Å². The van der Waals surface area contributed by atoms with Crippen molar-refractivity contribution in [2.24, 2.45) is 0 Å². The number of likely N-dealkylation sites (tertiary alicyclic amines) is 1. The van der Waals surface area contributed by atoms with Crippen LogP contribution in [0.4, 0.5) is 10.5 Å². The maximum atomic E-state index is 12.9. The first-order valence-electron chi connectivity index (χ1n) is 9.81. The summed E-state index contributed by atoms with van der Waals surface area (Å²) in [5.74, 6) is 0. The average molecular weight is 388 g/mol.